The van der Waals surface area contributed by atoms with Gasteiger partial charge in [0, 0.05) is 16.6 Å². The van der Waals surface area contributed by atoms with Gasteiger partial charge in [0.2, 0.25) is 5.91 Å². The van der Waals surface area contributed by atoms with Gasteiger partial charge in [-0.15, -0.1) is 0 Å². The quantitative estimate of drug-likeness (QED) is 0.451. The van der Waals surface area contributed by atoms with E-state index in [9.17, 15) is 18.0 Å². The van der Waals surface area contributed by atoms with Crippen molar-refractivity contribution in [2.24, 2.45) is 0 Å². The summed E-state index contributed by atoms with van der Waals surface area (Å²) < 4.78 is 43.9. The maximum absolute atomic E-state index is 14.4. The SMILES string of the molecule is O=C(C(Nc1c(F)cccc1F)c1ccc(Br)cc1)N1CCC[C@H]1c1ccccc1F. The lowest BCUT2D eigenvalue weighted by Gasteiger charge is -2.30. The van der Waals surface area contributed by atoms with Crippen molar-refractivity contribution < 1.29 is 18.0 Å². The van der Waals surface area contributed by atoms with Crippen molar-refractivity contribution >= 4 is 27.5 Å². The van der Waals surface area contributed by atoms with Gasteiger partial charge in [-0.3, -0.25) is 4.79 Å². The topological polar surface area (TPSA) is 32.3 Å². The molecule has 1 saturated heterocycles. The fourth-order valence-corrected chi connectivity index (χ4v) is 4.25. The Hall–Kier alpha value is -2.80. The van der Waals surface area contributed by atoms with Crippen LogP contribution in [0.4, 0.5) is 18.9 Å². The van der Waals surface area contributed by atoms with Crippen LogP contribution < -0.4 is 5.32 Å². The van der Waals surface area contributed by atoms with Gasteiger partial charge < -0.3 is 10.2 Å². The molecule has 1 aliphatic heterocycles. The molecule has 0 radical (unpaired) electrons. The standard InChI is InChI=1S/C24H20BrF3N2O/c25-16-12-10-15(11-13-16)22(29-23-19(27)7-3-8-20(23)28)24(31)30-14-4-9-21(30)17-5-1-2-6-18(17)26/h1-3,5-8,10-13,21-22,29H,4,9,14H2/t21-,22?/m0/s1. The van der Waals surface area contributed by atoms with Crippen molar-refractivity contribution in [1.29, 1.82) is 0 Å². The first kappa shape index (κ1) is 21.4. The van der Waals surface area contributed by atoms with Crippen molar-refractivity contribution in [2.45, 2.75) is 24.9 Å². The number of anilines is 1. The number of rotatable bonds is 5. The molecule has 3 nitrogen and oxygen atoms in total. The molecule has 0 aromatic heterocycles. The first-order valence-electron chi connectivity index (χ1n) is 9.96. The van der Waals surface area contributed by atoms with Crippen LogP contribution in [0.3, 0.4) is 0 Å². The molecular weight excluding hydrogens is 469 g/mol. The molecule has 0 saturated carbocycles. The molecule has 1 heterocycles. The van der Waals surface area contributed by atoms with E-state index < -0.39 is 23.7 Å². The Morgan fingerprint density at radius 3 is 2.26 bits per heavy atom. The summed E-state index contributed by atoms with van der Waals surface area (Å²) in [4.78, 5) is 15.2. The van der Waals surface area contributed by atoms with Crippen LogP contribution in [0.2, 0.25) is 0 Å². The van der Waals surface area contributed by atoms with Crippen molar-refractivity contribution in [1.82, 2.24) is 4.90 Å². The number of nitrogens with one attached hydrogen (secondary N) is 1. The zero-order valence-corrected chi connectivity index (χ0v) is 18.1. The third-order valence-corrected chi connectivity index (χ3v) is 6.03. The van der Waals surface area contributed by atoms with Gasteiger partial charge in [0.15, 0.2) is 0 Å². The summed E-state index contributed by atoms with van der Waals surface area (Å²) in [5.41, 5.74) is 0.625. The lowest BCUT2D eigenvalue weighted by atomic mass is 10.0. The van der Waals surface area contributed by atoms with Crippen LogP contribution in [0.15, 0.2) is 71.2 Å². The van der Waals surface area contributed by atoms with E-state index in [0.717, 1.165) is 16.6 Å². The van der Waals surface area contributed by atoms with E-state index in [2.05, 4.69) is 21.2 Å². The number of carbonyl (C=O) groups excluding carboxylic acids is 1. The van der Waals surface area contributed by atoms with E-state index >= 15 is 0 Å². The van der Waals surface area contributed by atoms with Gasteiger partial charge in [-0.2, -0.15) is 0 Å². The maximum Gasteiger partial charge on any atom is 0.250 e. The monoisotopic (exact) mass is 488 g/mol. The van der Waals surface area contributed by atoms with E-state index in [1.807, 2.05) is 0 Å². The van der Waals surface area contributed by atoms with Crippen molar-refractivity contribution in [3.8, 4) is 0 Å². The van der Waals surface area contributed by atoms with Crippen LogP contribution in [-0.4, -0.2) is 17.4 Å². The second-order valence-electron chi connectivity index (χ2n) is 7.44. The third kappa shape index (κ3) is 4.46. The summed E-state index contributed by atoms with van der Waals surface area (Å²) in [6.07, 6.45) is 1.33. The Bertz CT molecular complexity index is 1070. The third-order valence-electron chi connectivity index (χ3n) is 5.50. The van der Waals surface area contributed by atoms with Gasteiger partial charge >= 0.3 is 0 Å². The smallest absolute Gasteiger partial charge is 0.250 e. The predicted octanol–water partition coefficient (Wildman–Crippen LogP) is 6.38. The Balaban J connectivity index is 1.71. The van der Waals surface area contributed by atoms with E-state index in [4.69, 9.17) is 0 Å². The van der Waals surface area contributed by atoms with Crippen molar-refractivity contribution in [3.05, 3.63) is 99.8 Å². The first-order valence-corrected chi connectivity index (χ1v) is 10.8. The average molecular weight is 489 g/mol. The van der Waals surface area contributed by atoms with Gasteiger partial charge in [0.1, 0.15) is 29.2 Å². The van der Waals surface area contributed by atoms with Gasteiger partial charge in [0.25, 0.3) is 0 Å². The van der Waals surface area contributed by atoms with Crippen LogP contribution in [-0.2, 0) is 4.79 Å². The van der Waals surface area contributed by atoms with Crippen molar-refractivity contribution in [3.63, 3.8) is 0 Å². The summed E-state index contributed by atoms with van der Waals surface area (Å²) in [5.74, 6) is -2.32. The summed E-state index contributed by atoms with van der Waals surface area (Å²) in [5, 5.41) is 2.76. The number of halogens is 4. The molecule has 0 bridgehead atoms. The lowest BCUT2D eigenvalue weighted by Crippen LogP contribution is -2.38. The van der Waals surface area contributed by atoms with Crippen molar-refractivity contribution in [2.75, 3.05) is 11.9 Å². The molecule has 1 aliphatic rings. The van der Waals surface area contributed by atoms with Gasteiger partial charge in [-0.1, -0.05) is 52.3 Å². The number of hydrogen-bond acceptors (Lipinski definition) is 2. The zero-order chi connectivity index (χ0) is 22.0. The summed E-state index contributed by atoms with van der Waals surface area (Å²) in [6.45, 7) is 0.437. The molecule has 1 N–H and O–H groups in total. The molecule has 7 heteroatoms. The molecule has 1 unspecified atom stereocenters. The Kier molecular flexibility index (Phi) is 6.32. The number of amides is 1. The normalized spacial score (nSPS) is 16.9. The lowest BCUT2D eigenvalue weighted by molar-refractivity contribution is -0.133. The molecule has 160 valence electrons. The number of para-hydroxylation sites is 1. The second-order valence-corrected chi connectivity index (χ2v) is 8.35. The number of carbonyl (C=O) groups is 1. The Labute approximate surface area is 187 Å². The molecule has 1 fully saturated rings. The fraction of sp³-hybridized carbons (Fsp3) is 0.208. The number of nitrogens with zero attached hydrogens (tertiary/aromatic N) is 1. The van der Waals surface area contributed by atoms with Crippen LogP contribution in [0.5, 0.6) is 0 Å². The van der Waals surface area contributed by atoms with E-state index in [0.29, 0.717) is 30.5 Å². The zero-order valence-electron chi connectivity index (χ0n) is 16.5. The second kappa shape index (κ2) is 9.14. The summed E-state index contributed by atoms with van der Waals surface area (Å²) in [6, 6.07) is 15.4. The highest BCUT2D eigenvalue weighted by Crippen LogP contribution is 2.36. The van der Waals surface area contributed by atoms with Crippen LogP contribution >= 0.6 is 15.9 Å². The summed E-state index contributed by atoms with van der Waals surface area (Å²) in [7, 11) is 0. The van der Waals surface area contributed by atoms with Gasteiger partial charge in [-0.05, 0) is 48.7 Å². The number of likely N-dealkylation sites (tertiary alicyclic amines) is 1. The highest BCUT2D eigenvalue weighted by Gasteiger charge is 2.36. The minimum Gasteiger partial charge on any atom is -0.365 e. The van der Waals surface area contributed by atoms with E-state index in [1.54, 1.807) is 47.4 Å². The molecule has 31 heavy (non-hydrogen) atoms. The van der Waals surface area contributed by atoms with Crippen LogP contribution in [0.1, 0.15) is 36.1 Å². The average Bonchev–Trinajstić information content (AvgIpc) is 3.24. The highest BCUT2D eigenvalue weighted by atomic mass is 79.9. The summed E-state index contributed by atoms with van der Waals surface area (Å²) >= 11 is 3.36. The Morgan fingerprint density at radius 1 is 0.935 bits per heavy atom. The first-order chi connectivity index (χ1) is 15.0. The van der Waals surface area contributed by atoms with Gasteiger partial charge in [-0.25, -0.2) is 13.2 Å². The van der Waals surface area contributed by atoms with Gasteiger partial charge in [0.05, 0.1) is 6.04 Å². The minimum absolute atomic E-state index is 0.365. The molecule has 0 spiro atoms. The Morgan fingerprint density at radius 2 is 1.58 bits per heavy atom. The fourth-order valence-electron chi connectivity index (χ4n) is 3.99. The highest BCUT2D eigenvalue weighted by molar-refractivity contribution is 9.10. The molecular formula is C24H20BrF3N2O. The van der Waals surface area contributed by atoms with E-state index in [1.165, 1.54) is 12.1 Å². The molecule has 2 atom stereocenters. The van der Waals surface area contributed by atoms with Crippen LogP contribution in [0.25, 0.3) is 0 Å². The maximum atomic E-state index is 14.4. The number of hydrogen-bond donors (Lipinski definition) is 1. The van der Waals surface area contributed by atoms with E-state index in [-0.39, 0.29) is 17.4 Å². The minimum atomic E-state index is -1.04. The predicted molar refractivity (Wildman–Crippen MR) is 117 cm³/mol. The van der Waals surface area contributed by atoms with Crippen LogP contribution in [0, 0.1) is 17.5 Å². The molecule has 0 aliphatic carbocycles. The molecule has 3 aromatic carbocycles. The molecule has 4 rings (SSSR count). The molecule has 3 aromatic rings. The largest absolute Gasteiger partial charge is 0.365 e. The molecule has 1 amide bonds. The number of benzene rings is 3.